The molecule has 1 heterocycles. The number of hydrogen-bond donors (Lipinski definition) is 0. The molecule has 1 amide bonds. The van der Waals surface area contributed by atoms with E-state index in [4.69, 9.17) is 11.6 Å². The van der Waals surface area contributed by atoms with Crippen molar-refractivity contribution in [3.63, 3.8) is 0 Å². The molecule has 1 aliphatic heterocycles. The van der Waals surface area contributed by atoms with Gasteiger partial charge in [0.25, 0.3) is 0 Å². The fourth-order valence-corrected chi connectivity index (χ4v) is 2.18. The van der Waals surface area contributed by atoms with Gasteiger partial charge in [0.2, 0.25) is 5.91 Å². The van der Waals surface area contributed by atoms with Gasteiger partial charge in [0.05, 0.1) is 0 Å². The lowest BCUT2D eigenvalue weighted by Crippen LogP contribution is -2.25. The third-order valence-electron chi connectivity index (χ3n) is 3.02. The van der Waals surface area contributed by atoms with Crippen LogP contribution in [0.4, 0.5) is 5.69 Å². The molecule has 0 aliphatic carbocycles. The summed E-state index contributed by atoms with van der Waals surface area (Å²) in [6.07, 6.45) is 2.40. The maximum Gasteiger partial charge on any atom is 0.227 e. The highest BCUT2D eigenvalue weighted by molar-refractivity contribution is 6.31. The Kier molecular flexibility index (Phi) is 3.01. The average molecular weight is 236 g/mol. The number of benzene rings is 1. The zero-order valence-electron chi connectivity index (χ0n) is 9.24. The molecule has 1 aliphatic rings. The van der Waals surface area contributed by atoms with Gasteiger partial charge in [-0.3, -0.25) is 4.79 Å². The molecular weight excluding hydrogens is 222 g/mol. The van der Waals surface area contributed by atoms with Crippen molar-refractivity contribution >= 4 is 23.2 Å². The van der Waals surface area contributed by atoms with E-state index in [1.165, 1.54) is 0 Å². The van der Waals surface area contributed by atoms with Crippen LogP contribution in [0.1, 0.15) is 12.0 Å². The minimum atomic E-state index is 0.148. The normalized spacial score (nSPS) is 20.2. The van der Waals surface area contributed by atoms with E-state index in [-0.39, 0.29) is 11.8 Å². The first-order valence-corrected chi connectivity index (χ1v) is 5.69. The maximum absolute atomic E-state index is 11.8. The van der Waals surface area contributed by atoms with Crippen LogP contribution in [0, 0.1) is 12.8 Å². The zero-order valence-corrected chi connectivity index (χ0v) is 10.00. The molecule has 3 heteroatoms. The Hall–Kier alpha value is -1.28. The van der Waals surface area contributed by atoms with Crippen LogP contribution in [-0.2, 0) is 4.79 Å². The number of carbonyl (C=O) groups is 1. The summed E-state index contributed by atoms with van der Waals surface area (Å²) in [6, 6.07) is 5.65. The number of halogens is 1. The first-order chi connectivity index (χ1) is 7.63. The van der Waals surface area contributed by atoms with Gasteiger partial charge >= 0.3 is 0 Å². The van der Waals surface area contributed by atoms with Crippen molar-refractivity contribution in [3.8, 4) is 0 Å². The molecule has 1 atom stereocenters. The second-order valence-electron chi connectivity index (χ2n) is 4.09. The highest BCUT2D eigenvalue weighted by atomic mass is 35.5. The molecule has 0 aromatic heterocycles. The summed E-state index contributed by atoms with van der Waals surface area (Å²) < 4.78 is 0. The lowest BCUT2D eigenvalue weighted by Gasteiger charge is -2.19. The smallest absolute Gasteiger partial charge is 0.227 e. The van der Waals surface area contributed by atoms with E-state index in [1.54, 1.807) is 4.90 Å². The Morgan fingerprint density at radius 2 is 2.31 bits per heavy atom. The lowest BCUT2D eigenvalue weighted by atomic mass is 10.1. The number of carbonyl (C=O) groups excluding carboxylic acids is 1. The van der Waals surface area contributed by atoms with Crippen LogP contribution in [0.5, 0.6) is 0 Å². The van der Waals surface area contributed by atoms with Gasteiger partial charge in [-0.2, -0.15) is 0 Å². The standard InChI is InChI=1S/C13H14ClNO/c1-3-10-7-13(16)15(8-10)12-6-4-5-11(14)9(12)2/h3-6,10H,1,7-8H2,2H3. The van der Waals surface area contributed by atoms with E-state index in [0.29, 0.717) is 18.0 Å². The van der Waals surface area contributed by atoms with Crippen molar-refractivity contribution in [3.05, 3.63) is 41.4 Å². The van der Waals surface area contributed by atoms with Gasteiger partial charge in [-0.25, -0.2) is 0 Å². The lowest BCUT2D eigenvalue weighted by molar-refractivity contribution is -0.117. The number of amides is 1. The first-order valence-electron chi connectivity index (χ1n) is 5.31. The first kappa shape index (κ1) is 11.2. The Morgan fingerprint density at radius 3 is 2.94 bits per heavy atom. The van der Waals surface area contributed by atoms with E-state index in [9.17, 15) is 4.79 Å². The van der Waals surface area contributed by atoms with Gasteiger partial charge in [0, 0.05) is 29.6 Å². The van der Waals surface area contributed by atoms with Gasteiger partial charge < -0.3 is 4.90 Å². The van der Waals surface area contributed by atoms with E-state index in [0.717, 1.165) is 11.3 Å². The molecule has 0 N–H and O–H groups in total. The summed E-state index contributed by atoms with van der Waals surface area (Å²) in [5.41, 5.74) is 1.88. The molecule has 1 fully saturated rings. The van der Waals surface area contributed by atoms with Gasteiger partial charge in [0.1, 0.15) is 0 Å². The van der Waals surface area contributed by atoms with Gasteiger partial charge in [-0.1, -0.05) is 23.7 Å². The van der Waals surface area contributed by atoms with Gasteiger partial charge in [-0.05, 0) is 24.6 Å². The monoisotopic (exact) mass is 235 g/mol. The summed E-state index contributed by atoms with van der Waals surface area (Å²) in [5.74, 6) is 0.404. The number of rotatable bonds is 2. The number of hydrogen-bond acceptors (Lipinski definition) is 1. The largest absolute Gasteiger partial charge is 0.311 e. The highest BCUT2D eigenvalue weighted by Gasteiger charge is 2.29. The summed E-state index contributed by atoms with van der Waals surface area (Å²) in [4.78, 5) is 13.6. The van der Waals surface area contributed by atoms with Crippen molar-refractivity contribution in [2.24, 2.45) is 5.92 Å². The summed E-state index contributed by atoms with van der Waals surface area (Å²) in [5, 5.41) is 0.701. The van der Waals surface area contributed by atoms with Crippen molar-refractivity contribution < 1.29 is 4.79 Å². The van der Waals surface area contributed by atoms with Crippen LogP contribution >= 0.6 is 11.6 Å². The van der Waals surface area contributed by atoms with Gasteiger partial charge in [-0.15, -0.1) is 6.58 Å². The molecule has 0 radical (unpaired) electrons. The molecule has 84 valence electrons. The summed E-state index contributed by atoms with van der Waals surface area (Å²) in [7, 11) is 0. The molecule has 1 aromatic rings. The van der Waals surface area contributed by atoms with Crippen LogP contribution in [0.3, 0.4) is 0 Å². The van der Waals surface area contributed by atoms with Crippen molar-refractivity contribution in [1.29, 1.82) is 0 Å². The molecule has 0 bridgehead atoms. The van der Waals surface area contributed by atoms with Crippen molar-refractivity contribution in [1.82, 2.24) is 0 Å². The van der Waals surface area contributed by atoms with Gasteiger partial charge in [0.15, 0.2) is 0 Å². The minimum Gasteiger partial charge on any atom is -0.311 e. The molecule has 1 aromatic carbocycles. The predicted octanol–water partition coefficient (Wildman–Crippen LogP) is 3.19. The average Bonchev–Trinajstić information content (AvgIpc) is 2.64. The fraction of sp³-hybridized carbons (Fsp3) is 0.308. The third kappa shape index (κ3) is 1.85. The number of nitrogens with zero attached hydrogens (tertiary/aromatic N) is 1. The van der Waals surface area contributed by atoms with Crippen molar-refractivity contribution in [2.45, 2.75) is 13.3 Å². The van der Waals surface area contributed by atoms with Crippen molar-refractivity contribution in [2.75, 3.05) is 11.4 Å². The Morgan fingerprint density at radius 1 is 1.56 bits per heavy atom. The molecule has 1 saturated heterocycles. The second-order valence-corrected chi connectivity index (χ2v) is 4.50. The second kappa shape index (κ2) is 4.30. The highest BCUT2D eigenvalue weighted by Crippen LogP contribution is 2.31. The fourth-order valence-electron chi connectivity index (χ4n) is 2.01. The Bertz CT molecular complexity index is 442. The topological polar surface area (TPSA) is 20.3 Å². The Labute approximate surface area is 101 Å². The van der Waals surface area contributed by atoms with Crippen LogP contribution in [0.25, 0.3) is 0 Å². The minimum absolute atomic E-state index is 0.148. The SMILES string of the molecule is C=CC1CC(=O)N(c2cccc(Cl)c2C)C1. The Balaban J connectivity index is 2.35. The molecule has 0 saturated carbocycles. The molecule has 2 nitrogen and oxygen atoms in total. The van der Waals surface area contributed by atoms with Crippen LogP contribution in [-0.4, -0.2) is 12.5 Å². The quantitative estimate of drug-likeness (QED) is 0.721. The van der Waals surface area contributed by atoms with Crippen LogP contribution < -0.4 is 4.90 Å². The van der Waals surface area contributed by atoms with E-state index in [1.807, 2.05) is 31.2 Å². The molecule has 1 unspecified atom stereocenters. The van der Waals surface area contributed by atoms with E-state index in [2.05, 4.69) is 6.58 Å². The van der Waals surface area contributed by atoms with E-state index >= 15 is 0 Å². The van der Waals surface area contributed by atoms with E-state index < -0.39 is 0 Å². The molecular formula is C13H14ClNO. The summed E-state index contributed by atoms with van der Waals surface area (Å²) >= 11 is 6.05. The zero-order chi connectivity index (χ0) is 11.7. The molecule has 0 spiro atoms. The van der Waals surface area contributed by atoms with Crippen LogP contribution in [0.15, 0.2) is 30.9 Å². The summed E-state index contributed by atoms with van der Waals surface area (Å²) in [6.45, 7) is 6.39. The molecule has 16 heavy (non-hydrogen) atoms. The number of anilines is 1. The molecule has 2 rings (SSSR count). The predicted molar refractivity (Wildman–Crippen MR) is 66.8 cm³/mol. The van der Waals surface area contributed by atoms with Crippen LogP contribution in [0.2, 0.25) is 5.02 Å². The third-order valence-corrected chi connectivity index (χ3v) is 3.43. The maximum atomic E-state index is 11.8.